The maximum atomic E-state index is 3.47. The molecule has 1 aromatic heterocycles. The number of aromatic nitrogens is 1. The van der Waals surface area contributed by atoms with E-state index in [1.165, 1.54) is 29.4 Å². The van der Waals surface area contributed by atoms with Gasteiger partial charge in [-0.1, -0.05) is 18.2 Å². The van der Waals surface area contributed by atoms with Crippen molar-refractivity contribution in [3.8, 4) is 0 Å². The van der Waals surface area contributed by atoms with Crippen molar-refractivity contribution < 1.29 is 0 Å². The van der Waals surface area contributed by atoms with Crippen molar-refractivity contribution in [1.82, 2.24) is 9.88 Å². The molecule has 0 saturated carbocycles. The molecule has 102 valence electrons. The van der Waals surface area contributed by atoms with Crippen molar-refractivity contribution >= 4 is 10.9 Å². The van der Waals surface area contributed by atoms with Crippen LogP contribution in [0.3, 0.4) is 0 Å². The molecule has 2 heterocycles. The van der Waals surface area contributed by atoms with E-state index in [9.17, 15) is 0 Å². The smallest absolute Gasteiger partial charge is 0.0487 e. The van der Waals surface area contributed by atoms with E-state index in [0.717, 1.165) is 19.0 Å². The molecule has 0 spiro atoms. The second-order valence-electron chi connectivity index (χ2n) is 6.00. The van der Waals surface area contributed by atoms with E-state index in [-0.39, 0.29) is 0 Å². The summed E-state index contributed by atoms with van der Waals surface area (Å²) in [5, 5.41) is 4.95. The Morgan fingerprint density at radius 3 is 2.53 bits per heavy atom. The molecule has 0 atom stereocenters. The third-order valence-electron chi connectivity index (χ3n) is 4.47. The van der Waals surface area contributed by atoms with Gasteiger partial charge >= 0.3 is 0 Å². The zero-order chi connectivity index (χ0) is 13.4. The van der Waals surface area contributed by atoms with Gasteiger partial charge in [0, 0.05) is 22.6 Å². The minimum absolute atomic E-state index is 0.528. The Morgan fingerprint density at radius 1 is 1.16 bits per heavy atom. The van der Waals surface area contributed by atoms with Crippen molar-refractivity contribution in [3.05, 3.63) is 35.5 Å². The van der Waals surface area contributed by atoms with Crippen LogP contribution in [0.4, 0.5) is 0 Å². The minimum Gasteiger partial charge on any atom is -0.342 e. The summed E-state index contributed by atoms with van der Waals surface area (Å²) >= 11 is 0. The first-order valence-electron chi connectivity index (χ1n) is 7.50. The van der Waals surface area contributed by atoms with E-state index in [1.807, 2.05) is 0 Å². The van der Waals surface area contributed by atoms with Gasteiger partial charge in [0.25, 0.3) is 0 Å². The standard InChI is InChI=1S/C17H24N2/c1-12(2)19-13(3)17(14-8-10-18-11-9-14)15-6-4-5-7-16(15)19/h4-7,12,14,18H,8-11H2,1-3H3. The molecule has 0 amide bonds. The monoisotopic (exact) mass is 256 g/mol. The molecule has 1 aromatic carbocycles. The summed E-state index contributed by atoms with van der Waals surface area (Å²) in [6.45, 7) is 9.19. The van der Waals surface area contributed by atoms with E-state index >= 15 is 0 Å². The van der Waals surface area contributed by atoms with E-state index in [2.05, 4.69) is 54.9 Å². The molecule has 0 unspecified atom stereocenters. The lowest BCUT2D eigenvalue weighted by molar-refractivity contribution is 0.458. The van der Waals surface area contributed by atoms with Crippen LogP contribution in [0, 0.1) is 6.92 Å². The number of fused-ring (bicyclic) bond motifs is 1. The molecule has 1 N–H and O–H groups in total. The number of nitrogens with one attached hydrogen (secondary N) is 1. The van der Waals surface area contributed by atoms with Gasteiger partial charge in [-0.25, -0.2) is 0 Å². The van der Waals surface area contributed by atoms with Crippen LogP contribution in [0.2, 0.25) is 0 Å². The molecule has 3 rings (SSSR count). The number of rotatable bonds is 2. The van der Waals surface area contributed by atoms with E-state index in [0.29, 0.717) is 6.04 Å². The molecular weight excluding hydrogens is 232 g/mol. The fourth-order valence-corrected chi connectivity index (χ4v) is 3.71. The number of para-hydroxylation sites is 1. The molecule has 0 aliphatic carbocycles. The summed E-state index contributed by atoms with van der Waals surface area (Å²) in [6.07, 6.45) is 2.54. The van der Waals surface area contributed by atoms with Crippen molar-refractivity contribution in [2.75, 3.05) is 13.1 Å². The van der Waals surface area contributed by atoms with Crippen molar-refractivity contribution in [2.45, 2.75) is 45.6 Å². The zero-order valence-electron chi connectivity index (χ0n) is 12.2. The van der Waals surface area contributed by atoms with Crippen LogP contribution in [0.15, 0.2) is 24.3 Å². The summed E-state index contributed by atoms with van der Waals surface area (Å²) in [5.74, 6) is 0.728. The summed E-state index contributed by atoms with van der Waals surface area (Å²) in [4.78, 5) is 0. The average Bonchev–Trinajstić information content (AvgIpc) is 2.71. The number of hydrogen-bond acceptors (Lipinski definition) is 1. The van der Waals surface area contributed by atoms with Crippen LogP contribution in [-0.4, -0.2) is 17.7 Å². The molecule has 2 aromatic rings. The summed E-state index contributed by atoms with van der Waals surface area (Å²) in [7, 11) is 0. The minimum atomic E-state index is 0.528. The third kappa shape index (κ3) is 2.08. The SMILES string of the molecule is Cc1c(C2CCNCC2)c2ccccc2n1C(C)C. The molecule has 0 radical (unpaired) electrons. The van der Waals surface area contributed by atoms with Crippen LogP contribution in [0.25, 0.3) is 10.9 Å². The molecule has 2 nitrogen and oxygen atoms in total. The first-order chi connectivity index (χ1) is 9.20. The number of benzene rings is 1. The van der Waals surface area contributed by atoms with E-state index < -0.39 is 0 Å². The Hall–Kier alpha value is -1.28. The van der Waals surface area contributed by atoms with Crippen molar-refractivity contribution in [3.63, 3.8) is 0 Å². The lowest BCUT2D eigenvalue weighted by atomic mass is 9.88. The molecular formula is C17H24N2. The van der Waals surface area contributed by atoms with Gasteiger partial charge in [0.2, 0.25) is 0 Å². The molecule has 1 aliphatic heterocycles. The van der Waals surface area contributed by atoms with Crippen LogP contribution in [0.1, 0.15) is 49.9 Å². The van der Waals surface area contributed by atoms with Gasteiger partial charge in [-0.05, 0) is 64.3 Å². The van der Waals surface area contributed by atoms with Crippen molar-refractivity contribution in [1.29, 1.82) is 0 Å². The van der Waals surface area contributed by atoms with Gasteiger partial charge < -0.3 is 9.88 Å². The number of hydrogen-bond donors (Lipinski definition) is 1. The fraction of sp³-hybridized carbons (Fsp3) is 0.529. The maximum Gasteiger partial charge on any atom is 0.0487 e. The first-order valence-corrected chi connectivity index (χ1v) is 7.50. The normalized spacial score (nSPS) is 17.5. The highest BCUT2D eigenvalue weighted by atomic mass is 15.0. The second-order valence-corrected chi connectivity index (χ2v) is 6.00. The van der Waals surface area contributed by atoms with Gasteiger partial charge in [0.1, 0.15) is 0 Å². The predicted octanol–water partition coefficient (Wildman–Crippen LogP) is 4.00. The van der Waals surface area contributed by atoms with Gasteiger partial charge in [-0.15, -0.1) is 0 Å². The Morgan fingerprint density at radius 2 is 1.84 bits per heavy atom. The lowest BCUT2D eigenvalue weighted by Crippen LogP contribution is -2.26. The summed E-state index contributed by atoms with van der Waals surface area (Å²) < 4.78 is 2.51. The quantitative estimate of drug-likeness (QED) is 0.859. The molecule has 1 aliphatic rings. The van der Waals surface area contributed by atoms with Crippen LogP contribution < -0.4 is 5.32 Å². The Labute approximate surface area is 115 Å². The van der Waals surface area contributed by atoms with Crippen LogP contribution >= 0.6 is 0 Å². The molecule has 19 heavy (non-hydrogen) atoms. The zero-order valence-corrected chi connectivity index (χ0v) is 12.2. The number of piperidine rings is 1. The lowest BCUT2D eigenvalue weighted by Gasteiger charge is -2.24. The Kier molecular flexibility index (Phi) is 3.36. The Balaban J connectivity index is 2.20. The highest BCUT2D eigenvalue weighted by Gasteiger charge is 2.23. The molecule has 0 bridgehead atoms. The summed E-state index contributed by atoms with van der Waals surface area (Å²) in [6, 6.07) is 9.44. The number of nitrogens with zero attached hydrogens (tertiary/aromatic N) is 1. The highest BCUT2D eigenvalue weighted by Crippen LogP contribution is 2.37. The summed E-state index contributed by atoms with van der Waals surface area (Å²) in [5.41, 5.74) is 4.48. The average molecular weight is 256 g/mol. The second kappa shape index (κ2) is 5.01. The van der Waals surface area contributed by atoms with Crippen LogP contribution in [0.5, 0.6) is 0 Å². The maximum absolute atomic E-state index is 3.47. The molecule has 2 heteroatoms. The third-order valence-corrected chi connectivity index (χ3v) is 4.47. The fourth-order valence-electron chi connectivity index (χ4n) is 3.71. The van der Waals surface area contributed by atoms with Gasteiger partial charge in [0.15, 0.2) is 0 Å². The van der Waals surface area contributed by atoms with Crippen LogP contribution in [-0.2, 0) is 0 Å². The largest absolute Gasteiger partial charge is 0.342 e. The van der Waals surface area contributed by atoms with E-state index in [1.54, 1.807) is 5.56 Å². The molecule has 1 fully saturated rings. The Bertz CT molecular complexity index is 574. The molecule has 1 saturated heterocycles. The predicted molar refractivity (Wildman–Crippen MR) is 81.9 cm³/mol. The van der Waals surface area contributed by atoms with Gasteiger partial charge in [0.05, 0.1) is 0 Å². The van der Waals surface area contributed by atoms with Gasteiger partial charge in [-0.3, -0.25) is 0 Å². The van der Waals surface area contributed by atoms with Crippen molar-refractivity contribution in [2.24, 2.45) is 0 Å². The highest BCUT2D eigenvalue weighted by molar-refractivity contribution is 5.86. The van der Waals surface area contributed by atoms with Gasteiger partial charge in [-0.2, -0.15) is 0 Å². The first kappa shape index (κ1) is 12.7. The topological polar surface area (TPSA) is 17.0 Å². The van der Waals surface area contributed by atoms with E-state index in [4.69, 9.17) is 0 Å².